The summed E-state index contributed by atoms with van der Waals surface area (Å²) >= 11 is 3.23. The molecule has 47 heavy (non-hydrogen) atoms. The Bertz CT molecular complexity index is 1640. The van der Waals surface area contributed by atoms with Crippen molar-refractivity contribution in [2.75, 3.05) is 35.6 Å². The van der Waals surface area contributed by atoms with E-state index >= 15 is 0 Å². The molecule has 1 aromatic carbocycles. The quantitative estimate of drug-likeness (QED) is 0.192. The fraction of sp³-hybridized carbons (Fsp3) is 0.471. The molecule has 4 bridgehead atoms. The van der Waals surface area contributed by atoms with E-state index < -0.39 is 18.2 Å². The Morgan fingerprint density at radius 1 is 0.957 bits per heavy atom. The first-order valence-corrected chi connectivity index (χ1v) is 17.8. The van der Waals surface area contributed by atoms with Crippen molar-refractivity contribution < 1.29 is 17.9 Å². The van der Waals surface area contributed by atoms with Crippen molar-refractivity contribution in [2.45, 2.75) is 75.7 Å². The summed E-state index contributed by atoms with van der Waals surface area (Å²) in [6.45, 7) is 8.02. The van der Waals surface area contributed by atoms with Crippen LogP contribution in [0.2, 0.25) is 0 Å². The molecule has 0 spiro atoms. The van der Waals surface area contributed by atoms with Crippen molar-refractivity contribution in [2.24, 2.45) is 5.41 Å². The minimum absolute atomic E-state index is 0.0764. The maximum atomic E-state index is 13.4. The summed E-state index contributed by atoms with van der Waals surface area (Å²) in [7, 11) is 0. The van der Waals surface area contributed by atoms with Crippen LogP contribution in [-0.4, -0.2) is 61.6 Å². The second-order valence-corrected chi connectivity index (χ2v) is 15.3. The molecule has 8 nitrogen and oxygen atoms in total. The fourth-order valence-corrected chi connectivity index (χ4v) is 5.98. The van der Waals surface area contributed by atoms with Crippen molar-refractivity contribution in [1.82, 2.24) is 24.7 Å². The van der Waals surface area contributed by atoms with Crippen LogP contribution in [0.5, 0.6) is 5.88 Å². The van der Waals surface area contributed by atoms with Crippen molar-refractivity contribution in [1.29, 1.82) is 0 Å². The molecule has 0 fully saturated rings. The monoisotopic (exact) mass is 685 g/mol. The number of rotatable bonds is 7. The first-order chi connectivity index (χ1) is 22.3. The van der Waals surface area contributed by atoms with Crippen LogP contribution in [0, 0.1) is 5.41 Å². The smallest absolute Gasteiger partial charge is 0.397 e. The van der Waals surface area contributed by atoms with Crippen LogP contribution in [0.25, 0.3) is 17.1 Å². The zero-order valence-corrected chi connectivity index (χ0v) is 29.1. The number of nitrogens with zero attached hydrogens (tertiary/aromatic N) is 6. The van der Waals surface area contributed by atoms with Gasteiger partial charge < -0.3 is 14.4 Å². The van der Waals surface area contributed by atoms with E-state index in [4.69, 9.17) is 19.7 Å². The molecule has 1 aliphatic heterocycles. The molecular weight excluding hydrogens is 644 g/mol. The zero-order valence-electron chi connectivity index (χ0n) is 27.5. The Morgan fingerprint density at radius 2 is 1.74 bits per heavy atom. The zero-order chi connectivity index (χ0) is 33.7. The van der Waals surface area contributed by atoms with Gasteiger partial charge >= 0.3 is 6.18 Å². The average molecular weight is 686 g/mol. The van der Waals surface area contributed by atoms with Crippen molar-refractivity contribution in [3.8, 4) is 23.0 Å². The fourth-order valence-electron chi connectivity index (χ4n) is 5.10. The van der Waals surface area contributed by atoms with Gasteiger partial charge in [0.15, 0.2) is 11.6 Å². The van der Waals surface area contributed by atoms with Crippen molar-refractivity contribution in [3.63, 3.8) is 0 Å². The van der Waals surface area contributed by atoms with E-state index in [0.29, 0.717) is 17.3 Å². The van der Waals surface area contributed by atoms with E-state index in [9.17, 15) is 13.2 Å². The molecule has 5 rings (SSSR count). The molecule has 3 aromatic heterocycles. The highest BCUT2D eigenvalue weighted by Crippen LogP contribution is 2.38. The molecule has 0 saturated heterocycles. The molecule has 0 amide bonds. The maximum absolute atomic E-state index is 13.4. The van der Waals surface area contributed by atoms with Gasteiger partial charge in [-0.2, -0.15) is 24.9 Å². The summed E-state index contributed by atoms with van der Waals surface area (Å²) in [6, 6.07) is 15.7. The standard InChI is InChI=1S/C34H42F3N7OS2/c1-32(2,34(35,36)37)23-45-28-18-20-44(41-28)31-30-25-15-10-9-14-24(25)13-8-6-7-11-19-43(22-33(3,4)46-5)27-16-12-17-29(40-27)47-42-26(39-30)21-38-31/h9-10,12,14-18,20-21H,6-8,11,13,19,22-23H2,1-5H3,(H,39,42). The first-order valence-electron chi connectivity index (χ1n) is 15.8. The Kier molecular flexibility index (Phi) is 11.0. The Morgan fingerprint density at radius 3 is 2.53 bits per heavy atom. The number of thioether (sulfide) groups is 1. The second kappa shape index (κ2) is 14.8. The molecular formula is C34H42F3N7OS2. The lowest BCUT2D eigenvalue weighted by Gasteiger charge is -2.32. The van der Waals surface area contributed by atoms with Gasteiger partial charge in [-0.05, 0) is 70.9 Å². The number of pyridine rings is 1. The minimum Gasteiger partial charge on any atom is -0.476 e. The van der Waals surface area contributed by atoms with E-state index in [-0.39, 0.29) is 10.6 Å². The SMILES string of the molecule is CSC(C)(C)CN1CCCCCCc2ccccc2-c2nc(cnc2-n2ccc(OCC(C)(C)C(F)(F)F)n2)NSc2cccc1n2. The van der Waals surface area contributed by atoms with Crippen molar-refractivity contribution in [3.05, 3.63) is 66.5 Å². The number of benzene rings is 1. The highest BCUT2D eigenvalue weighted by atomic mass is 32.2. The number of hydrogen-bond acceptors (Lipinski definition) is 9. The van der Waals surface area contributed by atoms with Gasteiger partial charge in [0.25, 0.3) is 0 Å². The topological polar surface area (TPSA) is 81.0 Å². The molecule has 1 aliphatic rings. The highest BCUT2D eigenvalue weighted by molar-refractivity contribution is 8.00. The number of anilines is 2. The molecule has 0 atom stereocenters. The number of halogens is 3. The summed E-state index contributed by atoms with van der Waals surface area (Å²) in [5, 5.41) is 5.24. The molecule has 0 saturated carbocycles. The summed E-state index contributed by atoms with van der Waals surface area (Å²) in [4.78, 5) is 17.1. The van der Waals surface area contributed by atoms with Crippen LogP contribution in [0.3, 0.4) is 0 Å². The predicted octanol–water partition coefficient (Wildman–Crippen LogP) is 8.88. The maximum Gasteiger partial charge on any atom is 0.397 e. The Hall–Kier alpha value is -3.45. The summed E-state index contributed by atoms with van der Waals surface area (Å²) in [5.74, 6) is 2.01. The van der Waals surface area contributed by atoms with Crippen LogP contribution in [0.4, 0.5) is 24.8 Å². The van der Waals surface area contributed by atoms with E-state index in [1.807, 2.05) is 42.1 Å². The van der Waals surface area contributed by atoms with Crippen LogP contribution in [-0.2, 0) is 6.42 Å². The second-order valence-electron chi connectivity index (χ2n) is 12.9. The third kappa shape index (κ3) is 8.92. The van der Waals surface area contributed by atoms with Crippen LogP contribution in [0.15, 0.2) is 66.0 Å². The van der Waals surface area contributed by atoms with Gasteiger partial charge in [0.05, 0.1) is 11.6 Å². The third-order valence-corrected chi connectivity index (χ3v) is 10.2. The van der Waals surface area contributed by atoms with Crippen LogP contribution >= 0.6 is 23.7 Å². The van der Waals surface area contributed by atoms with E-state index in [2.05, 4.69) is 47.0 Å². The first kappa shape index (κ1) is 34.9. The molecule has 0 unspecified atom stereocenters. The summed E-state index contributed by atoms with van der Waals surface area (Å²) < 4.78 is 50.6. The minimum atomic E-state index is -4.40. The molecule has 0 radical (unpaired) electrons. The van der Waals surface area contributed by atoms with E-state index in [1.165, 1.54) is 22.7 Å². The highest BCUT2D eigenvalue weighted by Gasteiger charge is 2.48. The number of nitrogens with one attached hydrogen (secondary N) is 1. The lowest BCUT2D eigenvalue weighted by molar-refractivity contribution is -0.219. The number of aryl methyl sites for hydroxylation is 1. The molecule has 0 aliphatic carbocycles. The number of aromatic nitrogens is 5. The molecule has 4 heterocycles. The van der Waals surface area contributed by atoms with Gasteiger partial charge in [-0.25, -0.2) is 19.6 Å². The predicted molar refractivity (Wildman–Crippen MR) is 186 cm³/mol. The lowest BCUT2D eigenvalue weighted by Crippen LogP contribution is -2.37. The summed E-state index contributed by atoms with van der Waals surface area (Å²) in [6.07, 6.45) is 6.16. The lowest BCUT2D eigenvalue weighted by atomic mass is 9.94. The Labute approximate surface area is 283 Å². The molecule has 1 N–H and O–H groups in total. The summed E-state index contributed by atoms with van der Waals surface area (Å²) in [5.41, 5.74) is 0.648. The molecule has 13 heteroatoms. The van der Waals surface area contributed by atoms with Crippen LogP contribution in [0.1, 0.15) is 58.9 Å². The van der Waals surface area contributed by atoms with Gasteiger partial charge in [0.2, 0.25) is 5.88 Å². The van der Waals surface area contributed by atoms with Gasteiger partial charge in [-0.3, -0.25) is 0 Å². The number of fused-ring (bicyclic) bond motifs is 6. The number of hydrogen-bond donors (Lipinski definition) is 1. The van der Waals surface area contributed by atoms with Crippen LogP contribution < -0.4 is 14.4 Å². The normalized spacial score (nSPS) is 15.0. The number of alkyl halides is 3. The van der Waals surface area contributed by atoms with Crippen molar-refractivity contribution >= 4 is 35.3 Å². The Balaban J connectivity index is 1.47. The van der Waals surface area contributed by atoms with E-state index in [1.54, 1.807) is 12.4 Å². The van der Waals surface area contributed by atoms with Gasteiger partial charge in [0, 0.05) is 47.6 Å². The number of ether oxygens (including phenoxy) is 1. The molecule has 4 aromatic rings. The van der Waals surface area contributed by atoms with Gasteiger partial charge in [-0.1, -0.05) is 43.2 Å². The third-order valence-electron chi connectivity index (χ3n) is 8.20. The van der Waals surface area contributed by atoms with E-state index in [0.717, 1.165) is 81.0 Å². The largest absolute Gasteiger partial charge is 0.476 e. The van der Waals surface area contributed by atoms with Gasteiger partial charge in [0.1, 0.15) is 23.1 Å². The van der Waals surface area contributed by atoms with Gasteiger partial charge in [-0.15, -0.1) is 5.10 Å². The average Bonchev–Trinajstić information content (AvgIpc) is 3.52. The molecule has 252 valence electrons.